The minimum atomic E-state index is -3.36. The topological polar surface area (TPSA) is 43.4 Å². The van der Waals surface area contributed by atoms with Gasteiger partial charge >= 0.3 is 0 Å². The second kappa shape index (κ2) is 5.38. The normalized spacial score (nSPS) is 18.6. The standard InChI is InChI=1S/C10H16O3S/c1-2-3-9-13-14(11,12)10-7-5-4-6-8-10/h10H,4-9H2,1H3. The molecule has 1 saturated carbocycles. The Morgan fingerprint density at radius 1 is 1.29 bits per heavy atom. The van der Waals surface area contributed by atoms with Crippen LogP contribution in [0.2, 0.25) is 0 Å². The van der Waals surface area contributed by atoms with Gasteiger partial charge in [0, 0.05) is 0 Å². The van der Waals surface area contributed by atoms with Crippen molar-refractivity contribution in [1.29, 1.82) is 0 Å². The van der Waals surface area contributed by atoms with Crippen LogP contribution in [0.25, 0.3) is 0 Å². The summed E-state index contributed by atoms with van der Waals surface area (Å²) >= 11 is 0. The number of hydrogen-bond donors (Lipinski definition) is 0. The van der Waals surface area contributed by atoms with Gasteiger partial charge in [0.05, 0.1) is 5.25 Å². The summed E-state index contributed by atoms with van der Waals surface area (Å²) in [6.45, 7) is 1.66. The zero-order valence-electron chi connectivity index (χ0n) is 8.45. The Morgan fingerprint density at radius 3 is 2.50 bits per heavy atom. The van der Waals surface area contributed by atoms with E-state index < -0.39 is 10.1 Å². The lowest BCUT2D eigenvalue weighted by Crippen LogP contribution is -2.26. The molecular weight excluding hydrogens is 200 g/mol. The predicted molar refractivity (Wildman–Crippen MR) is 55.2 cm³/mol. The second-order valence-corrected chi connectivity index (χ2v) is 5.33. The molecule has 3 nitrogen and oxygen atoms in total. The summed E-state index contributed by atoms with van der Waals surface area (Å²) in [7, 11) is -3.36. The first-order valence-corrected chi connectivity index (χ1v) is 6.42. The third kappa shape index (κ3) is 3.32. The Kier molecular flexibility index (Phi) is 4.43. The van der Waals surface area contributed by atoms with Crippen molar-refractivity contribution in [2.24, 2.45) is 0 Å². The molecule has 1 aliphatic rings. The molecule has 14 heavy (non-hydrogen) atoms. The molecule has 0 aromatic heterocycles. The lowest BCUT2D eigenvalue weighted by atomic mass is 10.0. The SMILES string of the molecule is CC#CCOS(=O)(=O)C1CCCCC1. The molecule has 0 bridgehead atoms. The van der Waals surface area contributed by atoms with Crippen molar-refractivity contribution in [2.75, 3.05) is 6.61 Å². The molecule has 0 spiro atoms. The van der Waals surface area contributed by atoms with Crippen molar-refractivity contribution in [1.82, 2.24) is 0 Å². The monoisotopic (exact) mass is 216 g/mol. The first-order valence-electron chi connectivity index (χ1n) is 4.94. The van der Waals surface area contributed by atoms with Crippen LogP contribution in [0.1, 0.15) is 39.0 Å². The molecule has 0 amide bonds. The summed E-state index contributed by atoms with van der Waals surface area (Å²) in [5.41, 5.74) is 0. The summed E-state index contributed by atoms with van der Waals surface area (Å²) in [6, 6.07) is 0. The zero-order valence-corrected chi connectivity index (χ0v) is 9.27. The van der Waals surface area contributed by atoms with Crippen LogP contribution in [-0.2, 0) is 14.3 Å². The predicted octanol–water partition coefficient (Wildman–Crippen LogP) is 1.69. The highest BCUT2D eigenvalue weighted by atomic mass is 32.2. The van der Waals surface area contributed by atoms with Crippen LogP contribution < -0.4 is 0 Å². The molecule has 0 heterocycles. The van der Waals surface area contributed by atoms with E-state index in [2.05, 4.69) is 11.8 Å². The summed E-state index contributed by atoms with van der Waals surface area (Å²) in [5, 5.41) is -0.296. The molecule has 0 saturated heterocycles. The quantitative estimate of drug-likeness (QED) is 0.532. The van der Waals surface area contributed by atoms with E-state index in [1.54, 1.807) is 6.92 Å². The lowest BCUT2D eigenvalue weighted by Gasteiger charge is -2.20. The first-order chi connectivity index (χ1) is 6.67. The Morgan fingerprint density at radius 2 is 1.93 bits per heavy atom. The maximum atomic E-state index is 11.6. The minimum absolute atomic E-state index is 0.00463. The van der Waals surface area contributed by atoms with Gasteiger partial charge in [0.2, 0.25) is 0 Å². The third-order valence-corrected chi connectivity index (χ3v) is 4.17. The molecule has 80 valence electrons. The Hall–Kier alpha value is -0.530. The highest BCUT2D eigenvalue weighted by Gasteiger charge is 2.27. The van der Waals surface area contributed by atoms with Crippen molar-refractivity contribution in [2.45, 2.75) is 44.3 Å². The van der Waals surface area contributed by atoms with Gasteiger partial charge in [-0.05, 0) is 19.8 Å². The fourth-order valence-corrected chi connectivity index (χ4v) is 2.96. The molecule has 0 N–H and O–H groups in total. The highest BCUT2D eigenvalue weighted by Crippen LogP contribution is 2.24. The molecule has 4 heteroatoms. The Bertz CT molecular complexity index is 315. The van der Waals surface area contributed by atoms with Crippen molar-refractivity contribution in [3.63, 3.8) is 0 Å². The van der Waals surface area contributed by atoms with Gasteiger partial charge < -0.3 is 0 Å². The Balaban J connectivity index is 2.49. The van der Waals surface area contributed by atoms with E-state index in [9.17, 15) is 8.42 Å². The average Bonchev–Trinajstić information content (AvgIpc) is 2.19. The van der Waals surface area contributed by atoms with Gasteiger partial charge in [0.15, 0.2) is 0 Å². The van der Waals surface area contributed by atoms with Gasteiger partial charge in [-0.15, -0.1) is 5.92 Å². The summed E-state index contributed by atoms with van der Waals surface area (Å²) < 4.78 is 27.9. The third-order valence-electron chi connectivity index (χ3n) is 2.43. The van der Waals surface area contributed by atoms with Crippen LogP contribution >= 0.6 is 0 Å². The molecule has 0 radical (unpaired) electrons. The van der Waals surface area contributed by atoms with Crippen LogP contribution in [0.5, 0.6) is 0 Å². The number of hydrogen-bond acceptors (Lipinski definition) is 3. The summed E-state index contributed by atoms with van der Waals surface area (Å²) in [5.74, 6) is 5.20. The van der Waals surface area contributed by atoms with Crippen LogP contribution in [0.4, 0.5) is 0 Å². The van der Waals surface area contributed by atoms with Crippen molar-refractivity contribution < 1.29 is 12.6 Å². The van der Waals surface area contributed by atoms with E-state index in [0.29, 0.717) is 0 Å². The van der Waals surface area contributed by atoms with Gasteiger partial charge in [-0.25, -0.2) is 0 Å². The van der Waals surface area contributed by atoms with Crippen molar-refractivity contribution in [3.8, 4) is 11.8 Å². The summed E-state index contributed by atoms with van der Waals surface area (Å²) in [4.78, 5) is 0. The van der Waals surface area contributed by atoms with Crippen molar-refractivity contribution >= 4 is 10.1 Å². The van der Waals surface area contributed by atoms with E-state index in [-0.39, 0.29) is 11.9 Å². The van der Waals surface area contributed by atoms with E-state index >= 15 is 0 Å². The highest BCUT2D eigenvalue weighted by molar-refractivity contribution is 7.87. The lowest BCUT2D eigenvalue weighted by molar-refractivity contribution is 0.341. The first kappa shape index (κ1) is 11.5. The molecule has 0 aromatic carbocycles. The van der Waals surface area contributed by atoms with E-state index in [4.69, 9.17) is 4.18 Å². The molecule has 0 unspecified atom stereocenters. The minimum Gasteiger partial charge on any atom is -0.257 e. The summed E-state index contributed by atoms with van der Waals surface area (Å²) in [6.07, 6.45) is 4.60. The largest absolute Gasteiger partial charge is 0.271 e. The molecule has 0 aliphatic heterocycles. The second-order valence-electron chi connectivity index (χ2n) is 3.44. The van der Waals surface area contributed by atoms with Crippen molar-refractivity contribution in [3.05, 3.63) is 0 Å². The van der Waals surface area contributed by atoms with Gasteiger partial charge in [0.25, 0.3) is 10.1 Å². The molecular formula is C10H16O3S. The van der Waals surface area contributed by atoms with Gasteiger partial charge in [-0.1, -0.05) is 25.2 Å². The van der Waals surface area contributed by atoms with E-state index in [1.165, 1.54) is 0 Å². The molecule has 0 aromatic rings. The van der Waals surface area contributed by atoms with Crippen LogP contribution in [0, 0.1) is 11.8 Å². The van der Waals surface area contributed by atoms with Crippen LogP contribution in [0.3, 0.4) is 0 Å². The fourth-order valence-electron chi connectivity index (χ4n) is 1.63. The van der Waals surface area contributed by atoms with Gasteiger partial charge in [-0.2, -0.15) is 8.42 Å². The van der Waals surface area contributed by atoms with Gasteiger partial charge in [0.1, 0.15) is 6.61 Å². The fraction of sp³-hybridized carbons (Fsp3) is 0.800. The molecule has 1 aliphatic carbocycles. The van der Waals surface area contributed by atoms with Crippen LogP contribution in [-0.4, -0.2) is 20.3 Å². The zero-order chi connectivity index (χ0) is 10.4. The molecule has 1 fully saturated rings. The van der Waals surface area contributed by atoms with E-state index in [0.717, 1.165) is 32.1 Å². The molecule has 1 rings (SSSR count). The average molecular weight is 216 g/mol. The molecule has 0 atom stereocenters. The van der Waals surface area contributed by atoms with Gasteiger partial charge in [-0.3, -0.25) is 4.18 Å². The smallest absolute Gasteiger partial charge is 0.257 e. The maximum Gasteiger partial charge on any atom is 0.271 e. The number of rotatable bonds is 3. The van der Waals surface area contributed by atoms with E-state index in [1.807, 2.05) is 0 Å². The van der Waals surface area contributed by atoms with Crippen LogP contribution in [0.15, 0.2) is 0 Å². The maximum absolute atomic E-state index is 11.6. The Labute approximate surface area is 86.0 Å².